The summed E-state index contributed by atoms with van der Waals surface area (Å²) in [6.45, 7) is 8.17. The van der Waals surface area contributed by atoms with Gasteiger partial charge in [0, 0.05) is 0 Å². The van der Waals surface area contributed by atoms with E-state index < -0.39 is 0 Å². The van der Waals surface area contributed by atoms with Gasteiger partial charge in [-0.15, -0.1) is 0 Å². The van der Waals surface area contributed by atoms with Crippen molar-refractivity contribution in [3.8, 4) is 5.69 Å². The molecule has 0 spiro atoms. The Kier molecular flexibility index (Phi) is 3.48. The summed E-state index contributed by atoms with van der Waals surface area (Å²) in [5, 5.41) is 3.18. The third-order valence-corrected chi connectivity index (χ3v) is 3.80. The van der Waals surface area contributed by atoms with Crippen molar-refractivity contribution in [3.63, 3.8) is 0 Å². The van der Waals surface area contributed by atoms with Crippen LogP contribution < -0.4 is 5.56 Å². The van der Waals surface area contributed by atoms with Crippen LogP contribution in [0.4, 0.5) is 0 Å². The molecule has 0 aliphatic carbocycles. The number of aryl methyl sites for hydroxylation is 2. The molecule has 18 heavy (non-hydrogen) atoms. The summed E-state index contributed by atoms with van der Waals surface area (Å²) in [5.41, 5.74) is 4.07. The Morgan fingerprint density at radius 2 is 1.94 bits per heavy atom. The normalized spacial score (nSPS) is 11.2. The van der Waals surface area contributed by atoms with Gasteiger partial charge in [0.15, 0.2) is 0 Å². The van der Waals surface area contributed by atoms with E-state index in [1.54, 1.807) is 4.68 Å². The van der Waals surface area contributed by atoms with E-state index in [9.17, 15) is 4.79 Å². The average Bonchev–Trinajstić information content (AvgIpc) is 2.57. The molecular weight excluding hydrogens is 292 g/mol. The number of nitrogens with one attached hydrogen (secondary N) is 1. The van der Waals surface area contributed by atoms with Crippen LogP contribution in [0, 0.1) is 13.8 Å². The summed E-state index contributed by atoms with van der Waals surface area (Å²) in [7, 11) is 0. The van der Waals surface area contributed by atoms with Crippen LogP contribution in [-0.2, 0) is 0 Å². The topological polar surface area (TPSA) is 37.8 Å². The number of aromatic nitrogens is 2. The number of hydrogen-bond acceptors (Lipinski definition) is 1. The Bertz CT molecular complexity index is 638. The van der Waals surface area contributed by atoms with Crippen LogP contribution in [0.3, 0.4) is 0 Å². The van der Waals surface area contributed by atoms with Crippen molar-refractivity contribution in [2.45, 2.75) is 33.6 Å². The number of aromatic amines is 1. The van der Waals surface area contributed by atoms with Crippen molar-refractivity contribution in [2.24, 2.45) is 0 Å². The van der Waals surface area contributed by atoms with Crippen LogP contribution in [-0.4, -0.2) is 9.78 Å². The molecule has 4 heteroatoms. The monoisotopic (exact) mass is 308 g/mol. The van der Waals surface area contributed by atoms with E-state index >= 15 is 0 Å². The fraction of sp³-hybridized carbons (Fsp3) is 0.357. The summed E-state index contributed by atoms with van der Waals surface area (Å²) in [5.74, 6) is 0.277. The first kappa shape index (κ1) is 13.1. The molecule has 0 unspecified atom stereocenters. The van der Waals surface area contributed by atoms with Crippen LogP contribution in [0.15, 0.2) is 27.5 Å². The predicted octanol–water partition coefficient (Wildman–Crippen LogP) is 3.67. The molecule has 0 fully saturated rings. The number of halogens is 1. The van der Waals surface area contributed by atoms with E-state index in [2.05, 4.69) is 40.9 Å². The molecule has 2 aromatic rings. The summed E-state index contributed by atoms with van der Waals surface area (Å²) in [4.78, 5) is 12.2. The maximum Gasteiger partial charge on any atom is 0.285 e. The van der Waals surface area contributed by atoms with E-state index in [-0.39, 0.29) is 11.5 Å². The Hall–Kier alpha value is -1.29. The van der Waals surface area contributed by atoms with Crippen LogP contribution >= 0.6 is 15.9 Å². The minimum absolute atomic E-state index is 0.0364. The lowest BCUT2D eigenvalue weighted by Gasteiger charge is -2.07. The van der Waals surface area contributed by atoms with Gasteiger partial charge in [0.25, 0.3) is 5.56 Å². The highest BCUT2D eigenvalue weighted by Crippen LogP contribution is 2.22. The van der Waals surface area contributed by atoms with Crippen molar-refractivity contribution in [1.82, 2.24) is 9.78 Å². The average molecular weight is 309 g/mol. The van der Waals surface area contributed by atoms with Crippen LogP contribution in [0.1, 0.15) is 36.6 Å². The number of rotatable bonds is 2. The van der Waals surface area contributed by atoms with Crippen molar-refractivity contribution in [1.29, 1.82) is 0 Å². The minimum Gasteiger partial charge on any atom is -0.294 e. The molecule has 96 valence electrons. The van der Waals surface area contributed by atoms with Crippen LogP contribution in [0.2, 0.25) is 0 Å². The SMILES string of the molecule is Cc1ccc(-n2[nH]c(C(C)C)c(Br)c2=O)c(C)c1. The van der Waals surface area contributed by atoms with E-state index in [1.165, 1.54) is 5.56 Å². The molecule has 0 aliphatic rings. The minimum atomic E-state index is -0.0364. The molecule has 0 saturated carbocycles. The molecule has 1 aromatic carbocycles. The van der Waals surface area contributed by atoms with Gasteiger partial charge in [-0.05, 0) is 47.3 Å². The van der Waals surface area contributed by atoms with E-state index in [4.69, 9.17) is 0 Å². The van der Waals surface area contributed by atoms with Gasteiger partial charge >= 0.3 is 0 Å². The van der Waals surface area contributed by atoms with Gasteiger partial charge in [0.1, 0.15) is 4.47 Å². The maximum atomic E-state index is 12.2. The third-order valence-electron chi connectivity index (χ3n) is 3.03. The van der Waals surface area contributed by atoms with E-state index in [1.807, 2.05) is 26.0 Å². The number of hydrogen-bond donors (Lipinski definition) is 1. The largest absolute Gasteiger partial charge is 0.294 e. The quantitative estimate of drug-likeness (QED) is 0.903. The van der Waals surface area contributed by atoms with E-state index in [0.717, 1.165) is 16.9 Å². The highest BCUT2D eigenvalue weighted by molar-refractivity contribution is 9.10. The van der Waals surface area contributed by atoms with Crippen LogP contribution in [0.5, 0.6) is 0 Å². The van der Waals surface area contributed by atoms with Gasteiger partial charge in [0.2, 0.25) is 0 Å². The molecule has 0 amide bonds. The standard InChI is InChI=1S/C14H17BrN2O/c1-8(2)13-12(15)14(18)17(16-13)11-6-5-9(3)7-10(11)4/h5-8,16H,1-4H3. The molecule has 2 rings (SSSR count). The smallest absolute Gasteiger partial charge is 0.285 e. The van der Waals surface area contributed by atoms with Gasteiger partial charge in [-0.1, -0.05) is 31.5 Å². The van der Waals surface area contributed by atoms with Gasteiger partial charge in [-0.2, -0.15) is 0 Å². The van der Waals surface area contributed by atoms with Crippen molar-refractivity contribution < 1.29 is 0 Å². The van der Waals surface area contributed by atoms with Gasteiger partial charge in [-0.3, -0.25) is 9.89 Å². The van der Waals surface area contributed by atoms with Gasteiger partial charge in [-0.25, -0.2) is 4.68 Å². The van der Waals surface area contributed by atoms with Crippen molar-refractivity contribution in [2.75, 3.05) is 0 Å². The lowest BCUT2D eigenvalue weighted by atomic mass is 10.1. The number of nitrogens with zero attached hydrogens (tertiary/aromatic N) is 1. The molecular formula is C14H17BrN2O. The lowest BCUT2D eigenvalue weighted by molar-refractivity contribution is 0.757. The zero-order chi connectivity index (χ0) is 13.4. The fourth-order valence-corrected chi connectivity index (χ4v) is 2.77. The number of H-pyrrole nitrogens is 1. The van der Waals surface area contributed by atoms with Gasteiger partial charge in [0.05, 0.1) is 11.4 Å². The molecule has 1 N–H and O–H groups in total. The molecule has 1 heterocycles. The Morgan fingerprint density at radius 1 is 1.28 bits per heavy atom. The Morgan fingerprint density at radius 3 is 2.44 bits per heavy atom. The summed E-state index contributed by atoms with van der Waals surface area (Å²) in [6.07, 6.45) is 0. The van der Waals surface area contributed by atoms with Crippen molar-refractivity contribution in [3.05, 3.63) is 49.8 Å². The lowest BCUT2D eigenvalue weighted by Crippen LogP contribution is -2.15. The highest BCUT2D eigenvalue weighted by Gasteiger charge is 2.16. The molecule has 1 aromatic heterocycles. The summed E-state index contributed by atoms with van der Waals surface area (Å²) < 4.78 is 2.23. The summed E-state index contributed by atoms with van der Waals surface area (Å²) in [6, 6.07) is 6.06. The third kappa shape index (κ3) is 2.17. The molecule has 0 radical (unpaired) electrons. The second kappa shape index (κ2) is 4.76. The zero-order valence-corrected chi connectivity index (χ0v) is 12.6. The van der Waals surface area contributed by atoms with E-state index in [0.29, 0.717) is 4.47 Å². The Labute approximate surface area is 115 Å². The Balaban J connectivity index is 2.65. The molecule has 0 aliphatic heterocycles. The first-order chi connectivity index (χ1) is 8.41. The number of benzene rings is 1. The first-order valence-electron chi connectivity index (χ1n) is 6.00. The fourth-order valence-electron chi connectivity index (χ4n) is 2.04. The van der Waals surface area contributed by atoms with Gasteiger partial charge < -0.3 is 0 Å². The predicted molar refractivity (Wildman–Crippen MR) is 77.7 cm³/mol. The summed E-state index contributed by atoms with van der Waals surface area (Å²) >= 11 is 3.37. The second-order valence-electron chi connectivity index (χ2n) is 4.92. The first-order valence-corrected chi connectivity index (χ1v) is 6.79. The van der Waals surface area contributed by atoms with Crippen LogP contribution in [0.25, 0.3) is 5.69 Å². The molecule has 0 saturated heterocycles. The molecule has 0 bridgehead atoms. The highest BCUT2D eigenvalue weighted by atomic mass is 79.9. The zero-order valence-electron chi connectivity index (χ0n) is 11.0. The molecule has 0 atom stereocenters. The second-order valence-corrected chi connectivity index (χ2v) is 5.72. The molecule has 3 nitrogen and oxygen atoms in total. The van der Waals surface area contributed by atoms with Crippen molar-refractivity contribution >= 4 is 15.9 Å². The maximum absolute atomic E-state index is 12.2.